The van der Waals surface area contributed by atoms with E-state index in [1.54, 1.807) is 41.5 Å². The molecule has 3 fully saturated rings. The maximum absolute atomic E-state index is 13.0. The first-order chi connectivity index (χ1) is 15.3. The predicted octanol–water partition coefficient (Wildman–Crippen LogP) is 4.26. The van der Waals surface area contributed by atoms with Crippen LogP contribution >= 0.6 is 12.4 Å². The molecule has 206 valence electrons. The molecular weight excluding hydrogens is 488 g/mol. The Morgan fingerprint density at radius 1 is 0.800 bits per heavy atom. The lowest BCUT2D eigenvalue weighted by atomic mass is 10.1. The van der Waals surface area contributed by atoms with Crippen molar-refractivity contribution in [3.63, 3.8) is 0 Å². The second kappa shape index (κ2) is 12.4. The van der Waals surface area contributed by atoms with E-state index >= 15 is 0 Å². The topological polar surface area (TPSA) is 140 Å². The molecule has 0 aromatic rings. The van der Waals surface area contributed by atoms with Gasteiger partial charge in [-0.25, -0.2) is 18.4 Å². The molecule has 0 aliphatic heterocycles. The van der Waals surface area contributed by atoms with E-state index in [0.29, 0.717) is 38.5 Å². The number of halogens is 3. The van der Waals surface area contributed by atoms with Gasteiger partial charge in [-0.1, -0.05) is 0 Å². The lowest BCUT2D eigenvalue weighted by Crippen LogP contribution is -2.38. The quantitative estimate of drug-likeness (QED) is 0.403. The Morgan fingerprint density at radius 2 is 1.17 bits per heavy atom. The third kappa shape index (κ3) is 15.0. The molecule has 5 N–H and O–H groups in total. The fraction of sp³-hybridized carbons (Fsp3) is 0.870. The summed E-state index contributed by atoms with van der Waals surface area (Å²) < 4.78 is 35.1. The Hall–Kier alpha value is -1.88. The van der Waals surface area contributed by atoms with Crippen molar-refractivity contribution in [3.05, 3.63) is 0 Å². The second-order valence-corrected chi connectivity index (χ2v) is 11.3. The van der Waals surface area contributed by atoms with Crippen LogP contribution in [-0.4, -0.2) is 65.4 Å². The SMILES string of the molecule is CC(C)(C)OC(=O)NCC1(C(=O)O)CC1.CC(C)(C)OC(=O)NCC1(F)CC1.Cl.NCC1(F)CC1. The van der Waals surface area contributed by atoms with Crippen LogP contribution in [0, 0.1) is 5.41 Å². The zero-order chi connectivity index (χ0) is 26.4. The van der Waals surface area contributed by atoms with Crippen LogP contribution in [0.4, 0.5) is 18.4 Å². The molecule has 0 unspecified atom stereocenters. The van der Waals surface area contributed by atoms with Crippen LogP contribution in [0.3, 0.4) is 0 Å². The van der Waals surface area contributed by atoms with Gasteiger partial charge >= 0.3 is 18.2 Å². The summed E-state index contributed by atoms with van der Waals surface area (Å²) >= 11 is 0. The van der Waals surface area contributed by atoms with E-state index in [1.165, 1.54) is 0 Å². The number of amides is 2. The van der Waals surface area contributed by atoms with Crippen molar-refractivity contribution in [3.8, 4) is 0 Å². The summed E-state index contributed by atoms with van der Waals surface area (Å²) in [6, 6.07) is 0. The van der Waals surface area contributed by atoms with E-state index in [4.69, 9.17) is 20.3 Å². The predicted molar refractivity (Wildman–Crippen MR) is 130 cm³/mol. The number of nitrogens with two attached hydrogens (primary N) is 1. The first-order valence-corrected chi connectivity index (χ1v) is 11.6. The fourth-order valence-corrected chi connectivity index (χ4v) is 2.37. The van der Waals surface area contributed by atoms with Crippen molar-refractivity contribution >= 4 is 30.6 Å². The molecule has 35 heavy (non-hydrogen) atoms. The summed E-state index contributed by atoms with van der Waals surface area (Å²) in [5, 5.41) is 13.7. The lowest BCUT2D eigenvalue weighted by molar-refractivity contribution is -0.143. The Morgan fingerprint density at radius 3 is 1.40 bits per heavy atom. The number of hydrogen-bond acceptors (Lipinski definition) is 6. The molecule has 0 aromatic heterocycles. The number of hydrogen-bond donors (Lipinski definition) is 4. The maximum Gasteiger partial charge on any atom is 0.407 e. The smallest absolute Gasteiger partial charge is 0.407 e. The number of rotatable bonds is 6. The van der Waals surface area contributed by atoms with Gasteiger partial charge in [-0.15, -0.1) is 12.4 Å². The summed E-state index contributed by atoms with van der Waals surface area (Å²) in [5.74, 6) is -0.849. The number of carboxylic acid groups (broad SMARTS) is 1. The van der Waals surface area contributed by atoms with Gasteiger partial charge in [0.05, 0.1) is 12.0 Å². The van der Waals surface area contributed by atoms with Gasteiger partial charge in [0.15, 0.2) is 0 Å². The molecule has 0 heterocycles. The molecule has 0 spiro atoms. The van der Waals surface area contributed by atoms with Gasteiger partial charge in [0.25, 0.3) is 0 Å². The number of aliphatic carboxylic acids is 1. The molecule has 3 aliphatic rings. The monoisotopic (exact) mass is 529 g/mol. The maximum atomic E-state index is 13.0. The average molecular weight is 530 g/mol. The molecule has 0 atom stereocenters. The van der Waals surface area contributed by atoms with Crippen LogP contribution in [0.5, 0.6) is 0 Å². The highest BCUT2D eigenvalue weighted by Gasteiger charge is 2.50. The van der Waals surface area contributed by atoms with Crippen molar-refractivity contribution < 1.29 is 37.7 Å². The normalized spacial score (nSPS) is 19.6. The highest BCUT2D eigenvalue weighted by molar-refractivity contribution is 5.85. The van der Waals surface area contributed by atoms with Gasteiger partial charge in [0, 0.05) is 13.1 Å². The Labute approximate surface area is 212 Å². The van der Waals surface area contributed by atoms with Crippen molar-refractivity contribution in [1.82, 2.24) is 10.6 Å². The summed E-state index contributed by atoms with van der Waals surface area (Å²) in [6.07, 6.45) is 2.60. The Bertz CT molecular complexity index is 728. The summed E-state index contributed by atoms with van der Waals surface area (Å²) in [4.78, 5) is 33.1. The number of carbonyl (C=O) groups is 3. The number of carboxylic acids is 1. The van der Waals surface area contributed by atoms with E-state index in [9.17, 15) is 23.2 Å². The minimum Gasteiger partial charge on any atom is -0.481 e. The van der Waals surface area contributed by atoms with E-state index in [0.717, 1.165) is 0 Å². The number of alkyl halides is 2. The van der Waals surface area contributed by atoms with Gasteiger partial charge in [-0.3, -0.25) is 4.79 Å². The number of ether oxygens (including phenoxy) is 2. The van der Waals surface area contributed by atoms with Gasteiger partial charge in [-0.2, -0.15) is 0 Å². The van der Waals surface area contributed by atoms with E-state index in [-0.39, 0.29) is 32.0 Å². The van der Waals surface area contributed by atoms with Crippen LogP contribution in [0.2, 0.25) is 0 Å². The second-order valence-electron chi connectivity index (χ2n) is 11.3. The van der Waals surface area contributed by atoms with Gasteiger partial charge in [0.1, 0.15) is 22.5 Å². The van der Waals surface area contributed by atoms with E-state index < -0.39 is 46.1 Å². The minimum atomic E-state index is -1.16. The molecule has 0 saturated heterocycles. The standard InChI is InChI=1S/C10H17NO4.C9H16FNO2.C4H8FN.ClH/c1-9(2,3)15-8(14)11-6-10(4-5-10)7(12)13;1-8(2,3)13-7(12)11-6-9(10)4-5-9;5-4(3-6)1-2-4;/h4-6H2,1-3H3,(H,11,14)(H,12,13);4-6H2,1-3H3,(H,11,12);1-3,6H2;1H. The van der Waals surface area contributed by atoms with Crippen molar-refractivity contribution in [2.24, 2.45) is 11.1 Å². The molecule has 0 bridgehead atoms. The molecule has 0 radical (unpaired) electrons. The average Bonchev–Trinajstić information content (AvgIpc) is 3.55. The molecule has 3 rings (SSSR count). The Balaban J connectivity index is 0.000000526. The zero-order valence-corrected chi connectivity index (χ0v) is 22.4. The molecule has 3 saturated carbocycles. The summed E-state index contributed by atoms with van der Waals surface area (Å²) in [5.41, 5.74) is 1.10. The van der Waals surface area contributed by atoms with Gasteiger partial charge in [-0.05, 0) is 80.1 Å². The third-order valence-electron chi connectivity index (χ3n) is 5.18. The molecule has 9 nitrogen and oxygen atoms in total. The minimum absolute atomic E-state index is 0. The number of nitrogens with one attached hydrogen (secondary N) is 2. The fourth-order valence-electron chi connectivity index (χ4n) is 2.37. The van der Waals surface area contributed by atoms with Crippen molar-refractivity contribution in [2.75, 3.05) is 19.6 Å². The van der Waals surface area contributed by atoms with Crippen molar-refractivity contribution in [2.45, 2.75) is 103 Å². The Kier molecular flexibility index (Phi) is 11.7. The first-order valence-electron chi connectivity index (χ1n) is 11.6. The van der Waals surface area contributed by atoms with Gasteiger partial charge in [0.2, 0.25) is 0 Å². The highest BCUT2D eigenvalue weighted by atomic mass is 35.5. The van der Waals surface area contributed by atoms with Crippen molar-refractivity contribution in [1.29, 1.82) is 0 Å². The molecule has 2 amide bonds. The zero-order valence-electron chi connectivity index (χ0n) is 21.6. The van der Waals surface area contributed by atoms with E-state index in [1.807, 2.05) is 0 Å². The lowest BCUT2D eigenvalue weighted by Gasteiger charge is -2.20. The molecular formula is C23H42ClF2N3O6. The van der Waals surface area contributed by atoms with Crippen LogP contribution in [0.15, 0.2) is 0 Å². The van der Waals surface area contributed by atoms with Gasteiger partial charge < -0.3 is 30.9 Å². The number of carbonyl (C=O) groups excluding carboxylic acids is 2. The third-order valence-corrected chi connectivity index (χ3v) is 5.18. The largest absolute Gasteiger partial charge is 0.481 e. The molecule has 12 heteroatoms. The van der Waals surface area contributed by atoms with Crippen LogP contribution in [0.25, 0.3) is 0 Å². The highest BCUT2D eigenvalue weighted by Crippen LogP contribution is 2.45. The first kappa shape index (κ1) is 33.1. The van der Waals surface area contributed by atoms with Crippen LogP contribution in [-0.2, 0) is 14.3 Å². The van der Waals surface area contributed by atoms with Crippen LogP contribution < -0.4 is 16.4 Å². The van der Waals surface area contributed by atoms with Crippen LogP contribution in [0.1, 0.15) is 80.1 Å². The number of alkyl carbamates (subject to hydrolysis) is 2. The molecule has 3 aliphatic carbocycles. The molecule has 0 aromatic carbocycles. The summed E-state index contributed by atoms with van der Waals surface area (Å²) in [6.45, 7) is 11.0. The van der Waals surface area contributed by atoms with E-state index in [2.05, 4.69) is 10.6 Å². The summed E-state index contributed by atoms with van der Waals surface area (Å²) in [7, 11) is 0.